The van der Waals surface area contributed by atoms with Crippen molar-refractivity contribution in [1.29, 1.82) is 0 Å². The third kappa shape index (κ3) is 3.77. The zero-order valence-corrected chi connectivity index (χ0v) is 12.4. The van der Waals surface area contributed by atoms with Crippen LogP contribution in [-0.2, 0) is 20.7 Å². The van der Waals surface area contributed by atoms with Crippen molar-refractivity contribution < 1.29 is 14.3 Å². The molecule has 7 heteroatoms. The smallest absolute Gasteiger partial charge is 0.249 e. The first kappa shape index (κ1) is 14.9. The molecule has 3 N–H and O–H groups in total. The highest BCUT2D eigenvalue weighted by Crippen LogP contribution is 2.16. The van der Waals surface area contributed by atoms with Crippen LogP contribution >= 0.6 is 15.9 Å². The fraction of sp³-hybridized carbons (Fsp3) is 0.462. The minimum atomic E-state index is -0.771. The first-order chi connectivity index (χ1) is 9.58. The molecule has 1 aliphatic heterocycles. The minimum Gasteiger partial charge on any atom is -0.368 e. The first-order valence-corrected chi connectivity index (χ1v) is 7.18. The molecule has 0 aliphatic carbocycles. The SMILES string of the molecule is NC(=O)[C@@H](Cc1cccnc1Br)NC(=O)[C@@H]1CCCO1. The molecular weight excluding hydrogens is 326 g/mol. The van der Waals surface area contributed by atoms with Gasteiger partial charge >= 0.3 is 0 Å². The van der Waals surface area contributed by atoms with Crippen LogP contribution in [0, 0.1) is 0 Å². The molecule has 0 radical (unpaired) electrons. The topological polar surface area (TPSA) is 94.3 Å². The number of halogens is 1. The number of nitrogens with one attached hydrogen (secondary N) is 1. The maximum absolute atomic E-state index is 12.0. The highest BCUT2D eigenvalue weighted by Gasteiger charge is 2.27. The third-order valence-electron chi connectivity index (χ3n) is 3.14. The van der Waals surface area contributed by atoms with E-state index >= 15 is 0 Å². The number of primary amides is 1. The third-order valence-corrected chi connectivity index (χ3v) is 3.86. The van der Waals surface area contributed by atoms with Crippen LogP contribution in [0.1, 0.15) is 18.4 Å². The number of nitrogens with two attached hydrogens (primary N) is 1. The van der Waals surface area contributed by atoms with Crippen LogP contribution in [0.15, 0.2) is 22.9 Å². The van der Waals surface area contributed by atoms with Crippen molar-refractivity contribution in [2.75, 3.05) is 6.61 Å². The van der Waals surface area contributed by atoms with Gasteiger partial charge in [-0.15, -0.1) is 0 Å². The van der Waals surface area contributed by atoms with Gasteiger partial charge in [-0.05, 0) is 40.4 Å². The number of carbonyl (C=O) groups is 2. The summed E-state index contributed by atoms with van der Waals surface area (Å²) < 4.78 is 5.92. The molecule has 1 aliphatic rings. The van der Waals surface area contributed by atoms with Gasteiger partial charge in [0.25, 0.3) is 0 Å². The molecule has 0 aromatic carbocycles. The van der Waals surface area contributed by atoms with Crippen molar-refractivity contribution in [1.82, 2.24) is 10.3 Å². The molecule has 2 heterocycles. The molecule has 0 saturated carbocycles. The Labute approximate surface area is 125 Å². The first-order valence-electron chi connectivity index (χ1n) is 6.38. The van der Waals surface area contributed by atoms with Crippen molar-refractivity contribution in [2.24, 2.45) is 5.73 Å². The lowest BCUT2D eigenvalue weighted by Gasteiger charge is -2.18. The molecule has 2 atom stereocenters. The summed E-state index contributed by atoms with van der Waals surface area (Å²) in [4.78, 5) is 27.5. The lowest BCUT2D eigenvalue weighted by molar-refractivity contribution is -0.133. The van der Waals surface area contributed by atoms with Crippen molar-refractivity contribution >= 4 is 27.7 Å². The summed E-state index contributed by atoms with van der Waals surface area (Å²) in [5, 5.41) is 2.65. The van der Waals surface area contributed by atoms with Gasteiger partial charge in [-0.2, -0.15) is 0 Å². The quantitative estimate of drug-likeness (QED) is 0.764. The second-order valence-corrected chi connectivity index (χ2v) is 5.37. The number of hydrogen-bond donors (Lipinski definition) is 2. The van der Waals surface area contributed by atoms with E-state index in [1.54, 1.807) is 12.3 Å². The highest BCUT2D eigenvalue weighted by atomic mass is 79.9. The Bertz CT molecular complexity index is 503. The van der Waals surface area contributed by atoms with Crippen molar-refractivity contribution in [3.8, 4) is 0 Å². The lowest BCUT2D eigenvalue weighted by atomic mass is 10.1. The Balaban J connectivity index is 2.02. The number of amides is 2. The molecule has 1 saturated heterocycles. The Hall–Kier alpha value is -1.47. The van der Waals surface area contributed by atoms with Gasteiger partial charge in [-0.3, -0.25) is 9.59 Å². The van der Waals surface area contributed by atoms with E-state index in [1.807, 2.05) is 6.07 Å². The monoisotopic (exact) mass is 341 g/mol. The van der Waals surface area contributed by atoms with Gasteiger partial charge in [0.2, 0.25) is 11.8 Å². The van der Waals surface area contributed by atoms with Crippen LogP contribution in [0.25, 0.3) is 0 Å². The number of nitrogens with zero attached hydrogens (tertiary/aromatic N) is 1. The summed E-state index contributed by atoms with van der Waals surface area (Å²) in [6.45, 7) is 0.577. The number of hydrogen-bond acceptors (Lipinski definition) is 4. The van der Waals surface area contributed by atoms with Gasteiger partial charge in [-0.25, -0.2) is 4.98 Å². The van der Waals surface area contributed by atoms with Gasteiger partial charge in [0.1, 0.15) is 16.7 Å². The van der Waals surface area contributed by atoms with E-state index in [2.05, 4.69) is 26.2 Å². The number of carbonyl (C=O) groups excluding carboxylic acids is 2. The molecule has 2 rings (SSSR count). The number of pyridine rings is 1. The molecule has 108 valence electrons. The number of ether oxygens (including phenoxy) is 1. The Morgan fingerprint density at radius 2 is 2.40 bits per heavy atom. The van der Waals surface area contributed by atoms with Gasteiger partial charge in [-0.1, -0.05) is 6.07 Å². The van der Waals surface area contributed by atoms with Crippen LogP contribution < -0.4 is 11.1 Å². The Morgan fingerprint density at radius 3 is 3.00 bits per heavy atom. The van der Waals surface area contributed by atoms with Crippen molar-refractivity contribution in [3.05, 3.63) is 28.5 Å². The lowest BCUT2D eigenvalue weighted by Crippen LogP contribution is -2.49. The Morgan fingerprint density at radius 1 is 1.60 bits per heavy atom. The van der Waals surface area contributed by atoms with E-state index in [4.69, 9.17) is 10.5 Å². The molecule has 2 amide bonds. The maximum Gasteiger partial charge on any atom is 0.249 e. The molecule has 20 heavy (non-hydrogen) atoms. The van der Waals surface area contributed by atoms with Crippen LogP contribution in [0.2, 0.25) is 0 Å². The summed E-state index contributed by atoms with van der Waals surface area (Å²) in [5.41, 5.74) is 6.16. The largest absolute Gasteiger partial charge is 0.368 e. The zero-order valence-electron chi connectivity index (χ0n) is 10.8. The minimum absolute atomic E-state index is 0.286. The number of aromatic nitrogens is 1. The van der Waals surface area contributed by atoms with Gasteiger partial charge in [0.15, 0.2) is 0 Å². The van der Waals surface area contributed by atoms with E-state index in [1.165, 1.54) is 0 Å². The maximum atomic E-state index is 12.0. The number of rotatable bonds is 5. The van der Waals surface area contributed by atoms with Crippen LogP contribution in [0.3, 0.4) is 0 Å². The summed E-state index contributed by atoms with van der Waals surface area (Å²) in [6.07, 6.45) is 2.98. The average Bonchev–Trinajstić information content (AvgIpc) is 2.94. The molecule has 1 aromatic heterocycles. The van der Waals surface area contributed by atoms with E-state index in [0.29, 0.717) is 24.1 Å². The second kappa shape index (κ2) is 6.81. The van der Waals surface area contributed by atoms with E-state index in [9.17, 15) is 9.59 Å². The fourth-order valence-electron chi connectivity index (χ4n) is 2.06. The van der Waals surface area contributed by atoms with E-state index in [-0.39, 0.29) is 5.91 Å². The molecule has 0 unspecified atom stereocenters. The zero-order chi connectivity index (χ0) is 14.5. The summed E-state index contributed by atoms with van der Waals surface area (Å²) >= 11 is 3.31. The fourth-order valence-corrected chi connectivity index (χ4v) is 2.48. The van der Waals surface area contributed by atoms with Crippen molar-refractivity contribution in [2.45, 2.75) is 31.4 Å². The summed E-state index contributed by atoms with van der Waals surface area (Å²) in [7, 11) is 0. The van der Waals surface area contributed by atoms with Crippen LogP contribution in [-0.4, -0.2) is 35.6 Å². The summed E-state index contributed by atoms with van der Waals surface area (Å²) in [6, 6.07) is 2.82. The molecule has 0 spiro atoms. The molecule has 1 aromatic rings. The standard InChI is InChI=1S/C13H16BrN3O3/c14-11-8(3-1-5-16-11)7-9(12(15)18)17-13(19)10-4-2-6-20-10/h1,3,5,9-10H,2,4,6-7H2,(H2,15,18)(H,17,19)/t9-,10+/m1/s1. The van der Waals surface area contributed by atoms with Gasteiger partial charge < -0.3 is 15.8 Å². The van der Waals surface area contributed by atoms with Gasteiger partial charge in [0, 0.05) is 19.2 Å². The molecule has 6 nitrogen and oxygen atoms in total. The normalized spacial score (nSPS) is 19.6. The molecule has 0 bridgehead atoms. The van der Waals surface area contributed by atoms with Crippen molar-refractivity contribution in [3.63, 3.8) is 0 Å². The van der Waals surface area contributed by atoms with Crippen LogP contribution in [0.5, 0.6) is 0 Å². The van der Waals surface area contributed by atoms with Gasteiger partial charge in [0.05, 0.1) is 0 Å². The average molecular weight is 342 g/mol. The predicted molar refractivity (Wildman–Crippen MR) is 75.7 cm³/mol. The predicted octanol–water partition coefficient (Wildman–Crippen LogP) is 0.536. The van der Waals surface area contributed by atoms with E-state index in [0.717, 1.165) is 12.0 Å². The molecule has 1 fully saturated rings. The summed E-state index contributed by atoms with van der Waals surface area (Å²) in [5.74, 6) is -0.863. The second-order valence-electron chi connectivity index (χ2n) is 4.62. The van der Waals surface area contributed by atoms with Crippen LogP contribution in [0.4, 0.5) is 0 Å². The highest BCUT2D eigenvalue weighted by molar-refractivity contribution is 9.10. The van der Waals surface area contributed by atoms with E-state index < -0.39 is 18.1 Å². The molecular formula is C13H16BrN3O3. The Kier molecular flexibility index (Phi) is 5.08.